The Morgan fingerprint density at radius 3 is 2.68 bits per heavy atom. The molecule has 6 nitrogen and oxygen atoms in total. The molecule has 1 N–H and O–H groups in total. The van der Waals surface area contributed by atoms with Crippen LogP contribution in [0, 0.1) is 24.2 Å². The van der Waals surface area contributed by atoms with E-state index >= 15 is 0 Å². The Labute approximate surface area is 151 Å². The number of carboxylic acid groups (broad SMARTS) is 1. The molecule has 0 aromatic carbocycles. The fourth-order valence-corrected chi connectivity index (χ4v) is 5.67. The molecule has 0 unspecified atom stereocenters. The van der Waals surface area contributed by atoms with Gasteiger partial charge in [0.25, 0.3) is 0 Å². The van der Waals surface area contributed by atoms with Crippen molar-refractivity contribution in [3.8, 4) is 0 Å². The molecule has 136 valence electrons. The molecular weight excluding hydrogens is 338 g/mol. The molecule has 1 aliphatic carbocycles. The molecule has 2 aliphatic heterocycles. The number of carbonyl (C=O) groups excluding carboxylic acids is 1. The van der Waals surface area contributed by atoms with Crippen molar-refractivity contribution in [1.29, 1.82) is 0 Å². The van der Waals surface area contributed by atoms with Crippen LogP contribution in [0.15, 0.2) is 5.38 Å². The Morgan fingerprint density at radius 1 is 1.32 bits per heavy atom. The summed E-state index contributed by atoms with van der Waals surface area (Å²) in [5, 5.41) is 13.0. The number of carboxylic acids is 1. The van der Waals surface area contributed by atoms with E-state index in [4.69, 9.17) is 0 Å². The molecule has 1 saturated carbocycles. The van der Waals surface area contributed by atoms with Crippen LogP contribution in [0.1, 0.15) is 36.4 Å². The maximum absolute atomic E-state index is 12.7. The number of hydrogen-bond donors (Lipinski definition) is 1. The zero-order valence-electron chi connectivity index (χ0n) is 14.6. The highest BCUT2D eigenvalue weighted by atomic mass is 32.1. The fourth-order valence-electron chi connectivity index (χ4n) is 4.86. The molecule has 0 radical (unpaired) electrons. The molecule has 4 rings (SSSR count). The zero-order valence-corrected chi connectivity index (χ0v) is 15.4. The minimum atomic E-state index is -0.805. The summed E-state index contributed by atoms with van der Waals surface area (Å²) in [5.74, 6) is -0.415. The number of aromatic nitrogens is 1. The van der Waals surface area contributed by atoms with Crippen molar-refractivity contribution in [2.75, 3.05) is 26.2 Å². The molecule has 1 aromatic heterocycles. The van der Waals surface area contributed by atoms with Gasteiger partial charge in [0.1, 0.15) is 10.4 Å². The molecule has 2 atom stereocenters. The van der Waals surface area contributed by atoms with Crippen molar-refractivity contribution in [3.05, 3.63) is 16.1 Å². The number of thiazole rings is 1. The highest BCUT2D eigenvalue weighted by molar-refractivity contribution is 7.09. The number of carbonyl (C=O) groups is 2. The van der Waals surface area contributed by atoms with Gasteiger partial charge in [0.05, 0.1) is 6.54 Å². The molecule has 0 spiro atoms. The van der Waals surface area contributed by atoms with Gasteiger partial charge in [-0.15, -0.1) is 11.3 Å². The van der Waals surface area contributed by atoms with Crippen LogP contribution in [0.2, 0.25) is 0 Å². The second-order valence-corrected chi connectivity index (χ2v) is 8.85. The van der Waals surface area contributed by atoms with Crippen LogP contribution in [0.5, 0.6) is 0 Å². The van der Waals surface area contributed by atoms with E-state index < -0.39 is 11.4 Å². The van der Waals surface area contributed by atoms with Crippen molar-refractivity contribution in [2.45, 2.75) is 39.2 Å². The number of aliphatic carboxylic acids is 1. The minimum absolute atomic E-state index is 0.0245. The van der Waals surface area contributed by atoms with Gasteiger partial charge in [-0.2, -0.15) is 0 Å². The standard InChI is InChI=1S/C18H25N3O3S/c1-12-9-25-15(19-12)8-20-6-14-7-21(11-18(14,10-20)17(23)24)16(22)13-4-2-3-5-13/h9,13-14H,2-8,10-11H2,1H3,(H,23,24)/t14-,18-/m0/s1. The maximum Gasteiger partial charge on any atom is 0.313 e. The molecule has 0 bridgehead atoms. The highest BCUT2D eigenvalue weighted by Gasteiger charge is 2.58. The average molecular weight is 363 g/mol. The van der Waals surface area contributed by atoms with Crippen LogP contribution >= 0.6 is 11.3 Å². The van der Waals surface area contributed by atoms with Crippen LogP contribution < -0.4 is 0 Å². The summed E-state index contributed by atoms with van der Waals surface area (Å²) in [6, 6.07) is 0. The Balaban J connectivity index is 1.46. The zero-order chi connectivity index (χ0) is 17.6. The molecule has 25 heavy (non-hydrogen) atoms. The summed E-state index contributed by atoms with van der Waals surface area (Å²) in [6.07, 6.45) is 4.18. The van der Waals surface area contributed by atoms with Gasteiger partial charge in [0.15, 0.2) is 0 Å². The molecule has 2 saturated heterocycles. The Kier molecular flexibility index (Phi) is 4.32. The lowest BCUT2D eigenvalue weighted by molar-refractivity contribution is -0.149. The van der Waals surface area contributed by atoms with Crippen LogP contribution in [0.25, 0.3) is 0 Å². The number of hydrogen-bond acceptors (Lipinski definition) is 5. The van der Waals surface area contributed by atoms with Gasteiger partial charge in [0.2, 0.25) is 5.91 Å². The van der Waals surface area contributed by atoms with Gasteiger partial charge in [-0.3, -0.25) is 14.5 Å². The van der Waals surface area contributed by atoms with E-state index in [2.05, 4.69) is 9.88 Å². The third-order valence-corrected chi connectivity index (χ3v) is 7.10. The lowest BCUT2D eigenvalue weighted by Gasteiger charge is -2.26. The topological polar surface area (TPSA) is 73.7 Å². The number of fused-ring (bicyclic) bond motifs is 1. The summed E-state index contributed by atoms with van der Waals surface area (Å²) in [7, 11) is 0. The maximum atomic E-state index is 12.7. The first-order valence-electron chi connectivity index (χ1n) is 9.13. The van der Waals surface area contributed by atoms with E-state index in [0.29, 0.717) is 26.2 Å². The molecular formula is C18H25N3O3S. The summed E-state index contributed by atoms with van der Waals surface area (Å²) in [4.78, 5) is 33.4. The highest BCUT2D eigenvalue weighted by Crippen LogP contribution is 2.44. The SMILES string of the molecule is Cc1csc(CN2C[C@H]3CN(C(=O)C4CCCC4)C[C@@]3(C(=O)O)C2)n1. The van der Waals surface area contributed by atoms with Gasteiger partial charge < -0.3 is 10.0 Å². The van der Waals surface area contributed by atoms with Crippen molar-refractivity contribution in [1.82, 2.24) is 14.8 Å². The Hall–Kier alpha value is -1.47. The van der Waals surface area contributed by atoms with Gasteiger partial charge in [-0.05, 0) is 19.8 Å². The Morgan fingerprint density at radius 2 is 2.08 bits per heavy atom. The predicted octanol–water partition coefficient (Wildman–Crippen LogP) is 1.99. The first-order valence-corrected chi connectivity index (χ1v) is 10.0. The average Bonchev–Trinajstić information content (AvgIpc) is 3.30. The van der Waals surface area contributed by atoms with Crippen molar-refractivity contribution >= 4 is 23.2 Å². The van der Waals surface area contributed by atoms with Crippen LogP contribution in [0.3, 0.4) is 0 Å². The molecule has 3 aliphatic rings. The number of rotatable bonds is 4. The van der Waals surface area contributed by atoms with Crippen LogP contribution in [0.4, 0.5) is 0 Å². The van der Waals surface area contributed by atoms with Crippen molar-refractivity contribution in [3.63, 3.8) is 0 Å². The van der Waals surface area contributed by atoms with Gasteiger partial charge >= 0.3 is 5.97 Å². The predicted molar refractivity (Wildman–Crippen MR) is 94.2 cm³/mol. The van der Waals surface area contributed by atoms with E-state index in [1.54, 1.807) is 11.3 Å². The normalized spacial score (nSPS) is 30.1. The quantitative estimate of drug-likeness (QED) is 0.886. The van der Waals surface area contributed by atoms with Crippen LogP contribution in [-0.4, -0.2) is 57.9 Å². The Bertz CT molecular complexity index is 685. The lowest BCUT2D eigenvalue weighted by Crippen LogP contribution is -2.42. The van der Waals surface area contributed by atoms with Gasteiger partial charge in [0, 0.05) is 49.1 Å². The van der Waals surface area contributed by atoms with Gasteiger partial charge in [-0.1, -0.05) is 12.8 Å². The largest absolute Gasteiger partial charge is 0.481 e. The van der Waals surface area contributed by atoms with E-state index in [1.807, 2.05) is 17.2 Å². The number of aryl methyl sites for hydroxylation is 1. The van der Waals surface area contributed by atoms with Crippen molar-refractivity contribution in [2.24, 2.45) is 17.3 Å². The molecule has 7 heteroatoms. The van der Waals surface area contributed by atoms with E-state index in [0.717, 1.165) is 42.9 Å². The first kappa shape index (κ1) is 17.0. The molecule has 1 amide bonds. The van der Waals surface area contributed by atoms with E-state index in [-0.39, 0.29) is 17.7 Å². The van der Waals surface area contributed by atoms with Crippen LogP contribution in [-0.2, 0) is 16.1 Å². The lowest BCUT2D eigenvalue weighted by atomic mass is 9.81. The molecule has 1 aromatic rings. The number of amides is 1. The summed E-state index contributed by atoms with van der Waals surface area (Å²) < 4.78 is 0. The monoisotopic (exact) mass is 363 g/mol. The minimum Gasteiger partial charge on any atom is -0.481 e. The first-order chi connectivity index (χ1) is 12.0. The summed E-state index contributed by atoms with van der Waals surface area (Å²) in [5.41, 5.74) is 0.210. The van der Waals surface area contributed by atoms with E-state index in [9.17, 15) is 14.7 Å². The molecule has 3 fully saturated rings. The second-order valence-electron chi connectivity index (χ2n) is 7.91. The van der Waals surface area contributed by atoms with E-state index in [1.165, 1.54) is 0 Å². The third kappa shape index (κ3) is 2.97. The van der Waals surface area contributed by atoms with Crippen molar-refractivity contribution < 1.29 is 14.7 Å². The summed E-state index contributed by atoms with van der Waals surface area (Å²) in [6.45, 7) is 4.90. The number of nitrogens with zero attached hydrogens (tertiary/aromatic N) is 3. The van der Waals surface area contributed by atoms with Gasteiger partial charge in [-0.25, -0.2) is 4.98 Å². The smallest absolute Gasteiger partial charge is 0.313 e. The number of likely N-dealkylation sites (tertiary alicyclic amines) is 2. The molecule has 3 heterocycles. The second kappa shape index (κ2) is 6.36. The summed E-state index contributed by atoms with van der Waals surface area (Å²) >= 11 is 1.63. The fraction of sp³-hybridized carbons (Fsp3) is 0.722. The third-order valence-electron chi connectivity index (χ3n) is 6.15.